The maximum Gasteiger partial charge on any atom is 0.282 e. The van der Waals surface area contributed by atoms with Crippen LogP contribution < -0.4 is 10.6 Å². The zero-order chi connectivity index (χ0) is 15.2. The number of anilines is 1. The number of aromatic nitrogens is 2. The number of amides is 1. The maximum absolute atomic E-state index is 11.9. The molecule has 21 heavy (non-hydrogen) atoms. The SMILES string of the molecule is CCNc1nnc(C(=O)NCc2ccc([N+](=O)[O-])cc2)s1. The van der Waals surface area contributed by atoms with E-state index in [4.69, 9.17) is 0 Å². The second-order valence-electron chi connectivity index (χ2n) is 4.05. The average molecular weight is 307 g/mol. The molecule has 0 radical (unpaired) electrons. The van der Waals surface area contributed by atoms with Crippen LogP contribution >= 0.6 is 11.3 Å². The molecule has 0 saturated heterocycles. The van der Waals surface area contributed by atoms with Crippen molar-refractivity contribution >= 4 is 28.1 Å². The first-order valence-electron chi connectivity index (χ1n) is 6.19. The van der Waals surface area contributed by atoms with Crippen LogP contribution in [-0.2, 0) is 6.54 Å². The van der Waals surface area contributed by atoms with E-state index < -0.39 is 4.92 Å². The second-order valence-corrected chi connectivity index (χ2v) is 5.03. The fraction of sp³-hybridized carbons (Fsp3) is 0.250. The Hall–Kier alpha value is -2.55. The van der Waals surface area contributed by atoms with E-state index in [0.717, 1.165) is 5.56 Å². The molecule has 110 valence electrons. The largest absolute Gasteiger partial charge is 0.360 e. The van der Waals surface area contributed by atoms with Gasteiger partial charge in [0.15, 0.2) is 0 Å². The van der Waals surface area contributed by atoms with Gasteiger partial charge in [0.1, 0.15) is 0 Å². The Bertz CT molecular complexity index is 641. The third-order valence-corrected chi connectivity index (χ3v) is 3.43. The summed E-state index contributed by atoms with van der Waals surface area (Å²) < 4.78 is 0. The minimum absolute atomic E-state index is 0.0180. The van der Waals surface area contributed by atoms with Gasteiger partial charge in [-0.2, -0.15) is 0 Å². The van der Waals surface area contributed by atoms with Crippen molar-refractivity contribution in [2.75, 3.05) is 11.9 Å². The van der Waals surface area contributed by atoms with Gasteiger partial charge in [-0.1, -0.05) is 23.5 Å². The lowest BCUT2D eigenvalue weighted by molar-refractivity contribution is -0.384. The van der Waals surface area contributed by atoms with Gasteiger partial charge in [-0.3, -0.25) is 14.9 Å². The van der Waals surface area contributed by atoms with Crippen LogP contribution in [0.4, 0.5) is 10.8 Å². The first-order chi connectivity index (χ1) is 10.1. The van der Waals surface area contributed by atoms with Crippen molar-refractivity contribution in [1.29, 1.82) is 0 Å². The summed E-state index contributed by atoms with van der Waals surface area (Å²) in [4.78, 5) is 21.9. The molecule has 0 fully saturated rings. The molecular formula is C12H13N5O3S. The Balaban J connectivity index is 1.92. The molecule has 0 spiro atoms. The first-order valence-corrected chi connectivity index (χ1v) is 7.00. The summed E-state index contributed by atoms with van der Waals surface area (Å²) in [5.41, 5.74) is 0.787. The number of nitrogens with one attached hydrogen (secondary N) is 2. The van der Waals surface area contributed by atoms with E-state index in [-0.39, 0.29) is 23.1 Å². The lowest BCUT2D eigenvalue weighted by Gasteiger charge is -2.02. The molecule has 0 atom stereocenters. The van der Waals surface area contributed by atoms with E-state index in [1.54, 1.807) is 12.1 Å². The summed E-state index contributed by atoms with van der Waals surface area (Å²) in [5.74, 6) is -0.324. The molecular weight excluding hydrogens is 294 g/mol. The van der Waals surface area contributed by atoms with Crippen molar-refractivity contribution in [1.82, 2.24) is 15.5 Å². The Morgan fingerprint density at radius 1 is 1.33 bits per heavy atom. The monoisotopic (exact) mass is 307 g/mol. The number of benzene rings is 1. The lowest BCUT2D eigenvalue weighted by atomic mass is 10.2. The van der Waals surface area contributed by atoms with Crippen LogP contribution in [0.25, 0.3) is 0 Å². The number of nitrogens with zero attached hydrogens (tertiary/aromatic N) is 3. The van der Waals surface area contributed by atoms with Crippen LogP contribution in [0.5, 0.6) is 0 Å². The van der Waals surface area contributed by atoms with Crippen LogP contribution in [0.1, 0.15) is 22.3 Å². The van der Waals surface area contributed by atoms with Gasteiger partial charge in [-0.15, -0.1) is 10.2 Å². The van der Waals surface area contributed by atoms with Crippen LogP contribution in [0.3, 0.4) is 0 Å². The van der Waals surface area contributed by atoms with Crippen LogP contribution in [-0.4, -0.2) is 27.6 Å². The molecule has 0 bridgehead atoms. The normalized spacial score (nSPS) is 10.1. The molecule has 2 rings (SSSR count). The van der Waals surface area contributed by atoms with Crippen molar-refractivity contribution < 1.29 is 9.72 Å². The third-order valence-electron chi connectivity index (χ3n) is 2.55. The highest BCUT2D eigenvalue weighted by molar-refractivity contribution is 7.17. The Labute approximate surface area is 124 Å². The number of carbonyl (C=O) groups is 1. The second kappa shape index (κ2) is 6.75. The van der Waals surface area contributed by atoms with Crippen molar-refractivity contribution in [3.63, 3.8) is 0 Å². The van der Waals surface area contributed by atoms with E-state index in [0.29, 0.717) is 11.7 Å². The molecule has 1 amide bonds. The molecule has 0 aliphatic heterocycles. The Morgan fingerprint density at radius 3 is 2.67 bits per heavy atom. The Kier molecular flexibility index (Phi) is 4.77. The number of hydrogen-bond acceptors (Lipinski definition) is 7. The zero-order valence-electron chi connectivity index (χ0n) is 11.2. The van der Waals surface area contributed by atoms with E-state index in [9.17, 15) is 14.9 Å². The molecule has 0 aliphatic carbocycles. The maximum atomic E-state index is 11.9. The predicted molar refractivity (Wildman–Crippen MR) is 78.3 cm³/mol. The summed E-state index contributed by atoms with van der Waals surface area (Å²) in [6, 6.07) is 6.00. The fourth-order valence-electron chi connectivity index (χ4n) is 1.53. The predicted octanol–water partition coefficient (Wildman–Crippen LogP) is 1.81. The van der Waals surface area contributed by atoms with Gasteiger partial charge in [-0.25, -0.2) is 0 Å². The van der Waals surface area contributed by atoms with E-state index >= 15 is 0 Å². The van der Waals surface area contributed by atoms with Crippen molar-refractivity contribution in [2.45, 2.75) is 13.5 Å². The summed E-state index contributed by atoms with van der Waals surface area (Å²) in [5, 5.41) is 24.7. The number of nitro groups is 1. The van der Waals surface area contributed by atoms with Crippen molar-refractivity contribution in [3.8, 4) is 0 Å². The van der Waals surface area contributed by atoms with Crippen molar-refractivity contribution in [2.24, 2.45) is 0 Å². The molecule has 1 aromatic heterocycles. The van der Waals surface area contributed by atoms with Gasteiger partial charge in [-0.05, 0) is 12.5 Å². The van der Waals surface area contributed by atoms with Crippen molar-refractivity contribution in [3.05, 3.63) is 45.0 Å². The number of hydrogen-bond donors (Lipinski definition) is 2. The summed E-state index contributed by atoms with van der Waals surface area (Å²) >= 11 is 1.17. The molecule has 2 aromatic rings. The summed E-state index contributed by atoms with van der Waals surface area (Å²) in [7, 11) is 0. The van der Waals surface area contributed by atoms with E-state index in [1.165, 1.54) is 23.5 Å². The van der Waals surface area contributed by atoms with Gasteiger partial charge >= 0.3 is 0 Å². The van der Waals surface area contributed by atoms with Crippen LogP contribution in [0.15, 0.2) is 24.3 Å². The number of carbonyl (C=O) groups excluding carboxylic acids is 1. The molecule has 2 N–H and O–H groups in total. The Morgan fingerprint density at radius 2 is 2.05 bits per heavy atom. The fourth-order valence-corrected chi connectivity index (χ4v) is 2.26. The standard InChI is InChI=1S/C12H13N5O3S/c1-2-13-12-16-15-11(21-12)10(18)14-7-8-3-5-9(6-4-8)17(19)20/h3-6H,2,7H2,1H3,(H,13,16)(H,14,18). The van der Waals surface area contributed by atoms with Crippen LogP contribution in [0.2, 0.25) is 0 Å². The lowest BCUT2D eigenvalue weighted by Crippen LogP contribution is -2.22. The van der Waals surface area contributed by atoms with E-state index in [1.807, 2.05) is 6.92 Å². The highest BCUT2D eigenvalue weighted by Crippen LogP contribution is 2.15. The van der Waals surface area contributed by atoms with E-state index in [2.05, 4.69) is 20.8 Å². The minimum Gasteiger partial charge on any atom is -0.360 e. The molecule has 0 saturated carbocycles. The average Bonchev–Trinajstić information content (AvgIpc) is 2.94. The molecule has 1 heterocycles. The quantitative estimate of drug-likeness (QED) is 0.622. The molecule has 0 aliphatic rings. The zero-order valence-corrected chi connectivity index (χ0v) is 12.0. The highest BCUT2D eigenvalue weighted by atomic mass is 32.1. The first kappa shape index (κ1) is 14.9. The minimum atomic E-state index is -0.466. The molecule has 0 unspecified atom stereocenters. The van der Waals surface area contributed by atoms with Crippen LogP contribution in [0, 0.1) is 10.1 Å². The number of nitro benzene ring substituents is 1. The smallest absolute Gasteiger partial charge is 0.282 e. The molecule has 9 heteroatoms. The topological polar surface area (TPSA) is 110 Å². The number of rotatable bonds is 6. The summed E-state index contributed by atoms with van der Waals surface area (Å²) in [6.07, 6.45) is 0. The highest BCUT2D eigenvalue weighted by Gasteiger charge is 2.12. The molecule has 1 aromatic carbocycles. The van der Waals surface area contributed by atoms with Gasteiger partial charge in [0.05, 0.1) is 4.92 Å². The van der Waals surface area contributed by atoms with Gasteiger partial charge in [0, 0.05) is 25.2 Å². The van der Waals surface area contributed by atoms with Gasteiger partial charge in [0.25, 0.3) is 11.6 Å². The third kappa shape index (κ3) is 3.96. The molecule has 8 nitrogen and oxygen atoms in total. The van der Waals surface area contributed by atoms with Gasteiger partial charge in [0.2, 0.25) is 10.1 Å². The number of non-ortho nitro benzene ring substituents is 1. The summed E-state index contributed by atoms with van der Waals surface area (Å²) in [6.45, 7) is 2.90. The van der Waals surface area contributed by atoms with Gasteiger partial charge < -0.3 is 10.6 Å².